The van der Waals surface area contributed by atoms with E-state index in [1.165, 1.54) is 29.5 Å². The molecule has 3 heterocycles. The summed E-state index contributed by atoms with van der Waals surface area (Å²) in [6, 6.07) is 3.93. The molecule has 1 aliphatic heterocycles. The fraction of sp³-hybridized carbons (Fsp3) is 0.529. The number of aromatic nitrogens is 2. The van der Waals surface area contributed by atoms with Crippen LogP contribution >= 0.6 is 23.1 Å². The molecular weight excluding hydrogens is 372 g/mol. The number of carbonyl (C=O) groups excluding carboxylic acids is 2. The molecule has 1 N–H and O–H groups in total. The molecule has 140 valence electrons. The summed E-state index contributed by atoms with van der Waals surface area (Å²) >= 11 is 2.62. The van der Waals surface area contributed by atoms with Crippen LogP contribution < -0.4 is 5.32 Å². The van der Waals surface area contributed by atoms with Crippen molar-refractivity contribution in [2.24, 2.45) is 0 Å². The van der Waals surface area contributed by atoms with Crippen LogP contribution in [0.15, 0.2) is 27.2 Å². The molecule has 2 amide bonds. The Bertz CT molecular complexity index is 732. The Kier molecular flexibility index (Phi) is 6.67. The van der Waals surface area contributed by atoms with Gasteiger partial charge in [-0.1, -0.05) is 24.8 Å². The molecule has 0 aliphatic carbocycles. The van der Waals surface area contributed by atoms with Crippen molar-refractivity contribution in [1.29, 1.82) is 0 Å². The third-order valence-corrected chi connectivity index (χ3v) is 6.00. The third kappa shape index (κ3) is 4.85. The lowest BCUT2D eigenvalue weighted by Crippen LogP contribution is -2.44. The first-order valence-corrected chi connectivity index (χ1v) is 10.6. The minimum absolute atomic E-state index is 0.118. The molecule has 2 aromatic heterocycles. The molecule has 1 atom stereocenters. The number of piperidine rings is 1. The Balaban J connectivity index is 1.46. The topological polar surface area (TPSA) is 88.3 Å². The van der Waals surface area contributed by atoms with E-state index < -0.39 is 0 Å². The zero-order valence-electron chi connectivity index (χ0n) is 14.6. The van der Waals surface area contributed by atoms with Crippen LogP contribution in [0.25, 0.3) is 0 Å². The van der Waals surface area contributed by atoms with Crippen LogP contribution in [0, 0.1) is 0 Å². The molecule has 0 spiro atoms. The molecule has 0 saturated carbocycles. The number of nitrogens with one attached hydrogen (secondary N) is 1. The maximum absolute atomic E-state index is 12.5. The van der Waals surface area contributed by atoms with E-state index in [1.54, 1.807) is 6.07 Å². The Hall–Kier alpha value is -1.87. The highest BCUT2D eigenvalue weighted by Crippen LogP contribution is 2.22. The van der Waals surface area contributed by atoms with Crippen molar-refractivity contribution in [2.45, 2.75) is 50.4 Å². The van der Waals surface area contributed by atoms with Gasteiger partial charge in [0.25, 0.3) is 11.1 Å². The molecule has 3 rings (SSSR count). The normalized spacial score (nSPS) is 17.3. The number of rotatable bonds is 7. The van der Waals surface area contributed by atoms with Gasteiger partial charge in [-0.3, -0.25) is 9.59 Å². The zero-order valence-corrected chi connectivity index (χ0v) is 16.3. The van der Waals surface area contributed by atoms with E-state index >= 15 is 0 Å². The van der Waals surface area contributed by atoms with Crippen molar-refractivity contribution >= 4 is 34.9 Å². The van der Waals surface area contributed by atoms with Crippen molar-refractivity contribution in [1.82, 2.24) is 20.4 Å². The fourth-order valence-corrected chi connectivity index (χ4v) is 4.29. The van der Waals surface area contributed by atoms with Gasteiger partial charge in [0.1, 0.15) is 0 Å². The second-order valence-corrected chi connectivity index (χ2v) is 7.93. The molecule has 0 unspecified atom stereocenters. The van der Waals surface area contributed by atoms with Crippen molar-refractivity contribution in [2.75, 3.05) is 12.3 Å². The van der Waals surface area contributed by atoms with Crippen LogP contribution in [0.4, 0.5) is 0 Å². The number of thioether (sulfide) groups is 1. The number of hydrogen-bond donors (Lipinski definition) is 1. The van der Waals surface area contributed by atoms with Gasteiger partial charge in [-0.05, 0) is 37.1 Å². The second-order valence-electron chi connectivity index (χ2n) is 6.06. The first-order chi connectivity index (χ1) is 12.7. The average molecular weight is 395 g/mol. The summed E-state index contributed by atoms with van der Waals surface area (Å²) in [6.45, 7) is 3.13. The smallest absolute Gasteiger partial charge is 0.277 e. The Labute approximate surface area is 160 Å². The fourth-order valence-electron chi connectivity index (χ4n) is 2.98. The Morgan fingerprint density at radius 3 is 3.08 bits per heavy atom. The lowest BCUT2D eigenvalue weighted by molar-refractivity contribution is -0.132. The second kappa shape index (κ2) is 9.18. The Morgan fingerprint density at radius 1 is 1.42 bits per heavy atom. The highest BCUT2D eigenvalue weighted by molar-refractivity contribution is 7.99. The summed E-state index contributed by atoms with van der Waals surface area (Å²) in [4.78, 5) is 27.0. The summed E-state index contributed by atoms with van der Waals surface area (Å²) in [7, 11) is 0. The molecule has 26 heavy (non-hydrogen) atoms. The monoisotopic (exact) mass is 394 g/mol. The molecule has 1 fully saturated rings. The molecule has 0 aromatic carbocycles. The molecule has 0 bridgehead atoms. The van der Waals surface area contributed by atoms with Crippen molar-refractivity contribution in [3.05, 3.63) is 28.3 Å². The quantitative estimate of drug-likeness (QED) is 0.727. The van der Waals surface area contributed by atoms with Gasteiger partial charge in [-0.2, -0.15) is 0 Å². The van der Waals surface area contributed by atoms with E-state index in [0.29, 0.717) is 27.8 Å². The van der Waals surface area contributed by atoms with Gasteiger partial charge in [-0.15, -0.1) is 21.5 Å². The van der Waals surface area contributed by atoms with E-state index in [4.69, 9.17) is 4.42 Å². The van der Waals surface area contributed by atoms with E-state index in [0.717, 1.165) is 25.8 Å². The van der Waals surface area contributed by atoms with Gasteiger partial charge in [0.05, 0.1) is 17.2 Å². The van der Waals surface area contributed by atoms with E-state index in [1.807, 2.05) is 16.3 Å². The molecule has 1 aliphatic rings. The molecule has 1 saturated heterocycles. The highest BCUT2D eigenvalue weighted by Gasteiger charge is 2.25. The number of likely N-dealkylation sites (tertiary alicyclic amines) is 1. The predicted molar refractivity (Wildman–Crippen MR) is 100 cm³/mol. The average Bonchev–Trinajstić information content (AvgIpc) is 3.36. The molecule has 7 nitrogen and oxygen atoms in total. The minimum atomic E-state index is -0.168. The standard InChI is InChI=1S/C17H22N4O3S2/c1-2-12-6-3-4-8-21(12)15(22)11-26-17-20-19-14(24-17)10-18-16(23)13-7-5-9-25-13/h5,7,9,12H,2-4,6,8,10-11H2,1H3,(H,18,23)/t12-/m0/s1. The third-order valence-electron chi connectivity index (χ3n) is 4.33. The summed E-state index contributed by atoms with van der Waals surface area (Å²) in [5.74, 6) is 0.569. The van der Waals surface area contributed by atoms with Crippen LogP contribution in [-0.4, -0.2) is 45.3 Å². The van der Waals surface area contributed by atoms with Crippen LogP contribution in [0.3, 0.4) is 0 Å². The first kappa shape index (κ1) is 18.9. The Morgan fingerprint density at radius 2 is 2.31 bits per heavy atom. The summed E-state index contributed by atoms with van der Waals surface area (Å²) in [5, 5.41) is 12.8. The van der Waals surface area contributed by atoms with Gasteiger partial charge in [0.2, 0.25) is 11.8 Å². The van der Waals surface area contributed by atoms with Gasteiger partial charge in [0.15, 0.2) is 0 Å². The predicted octanol–water partition coefficient (Wildman–Crippen LogP) is 2.94. The van der Waals surface area contributed by atoms with Crippen LogP contribution in [0.2, 0.25) is 0 Å². The van der Waals surface area contributed by atoms with E-state index in [9.17, 15) is 9.59 Å². The zero-order chi connectivity index (χ0) is 18.4. The van der Waals surface area contributed by atoms with Crippen molar-refractivity contribution in [3.8, 4) is 0 Å². The SMILES string of the molecule is CC[C@H]1CCCCN1C(=O)CSc1nnc(CNC(=O)c2cccs2)o1. The maximum Gasteiger partial charge on any atom is 0.277 e. The van der Waals surface area contributed by atoms with E-state index in [2.05, 4.69) is 22.4 Å². The first-order valence-electron chi connectivity index (χ1n) is 8.73. The summed E-state index contributed by atoms with van der Waals surface area (Å²) < 4.78 is 5.50. The number of nitrogens with zero attached hydrogens (tertiary/aromatic N) is 3. The summed E-state index contributed by atoms with van der Waals surface area (Å²) in [5.41, 5.74) is 0. The van der Waals surface area contributed by atoms with Crippen molar-refractivity contribution < 1.29 is 14.0 Å². The molecule has 2 aromatic rings. The largest absolute Gasteiger partial charge is 0.414 e. The lowest BCUT2D eigenvalue weighted by Gasteiger charge is -2.35. The lowest BCUT2D eigenvalue weighted by atomic mass is 10.0. The maximum atomic E-state index is 12.5. The molecule has 0 radical (unpaired) electrons. The number of amides is 2. The summed E-state index contributed by atoms with van der Waals surface area (Å²) in [6.07, 6.45) is 4.34. The minimum Gasteiger partial charge on any atom is -0.414 e. The number of thiophene rings is 1. The van der Waals surface area contributed by atoms with Gasteiger partial charge < -0.3 is 14.6 Å². The number of carbonyl (C=O) groups is 2. The molecular formula is C17H22N4O3S2. The van der Waals surface area contributed by atoms with Crippen LogP contribution in [0.5, 0.6) is 0 Å². The number of hydrogen-bond acceptors (Lipinski definition) is 7. The van der Waals surface area contributed by atoms with Gasteiger partial charge in [-0.25, -0.2) is 0 Å². The highest BCUT2D eigenvalue weighted by atomic mass is 32.2. The van der Waals surface area contributed by atoms with Gasteiger partial charge >= 0.3 is 0 Å². The molecule has 9 heteroatoms. The van der Waals surface area contributed by atoms with Crippen LogP contribution in [0.1, 0.15) is 48.2 Å². The van der Waals surface area contributed by atoms with Crippen LogP contribution in [-0.2, 0) is 11.3 Å². The van der Waals surface area contributed by atoms with Gasteiger partial charge in [0, 0.05) is 12.6 Å². The van der Waals surface area contributed by atoms with Crippen molar-refractivity contribution in [3.63, 3.8) is 0 Å². The van der Waals surface area contributed by atoms with E-state index in [-0.39, 0.29) is 18.4 Å².